The highest BCUT2D eigenvalue weighted by molar-refractivity contribution is 7.99. The van der Waals surface area contributed by atoms with Gasteiger partial charge in [-0.1, -0.05) is 41.6 Å². The Balaban J connectivity index is 1.96. The number of hydrogen-bond acceptors (Lipinski definition) is 4. The fourth-order valence-electron chi connectivity index (χ4n) is 2.22. The van der Waals surface area contributed by atoms with E-state index in [2.05, 4.69) is 0 Å². The van der Waals surface area contributed by atoms with Crippen LogP contribution in [0.15, 0.2) is 47.4 Å². The molecule has 0 bridgehead atoms. The van der Waals surface area contributed by atoms with Crippen molar-refractivity contribution < 1.29 is 14.3 Å². The van der Waals surface area contributed by atoms with Gasteiger partial charge in [-0.25, -0.2) is 0 Å². The third-order valence-electron chi connectivity index (χ3n) is 3.29. The number of thioether (sulfide) groups is 1. The highest BCUT2D eigenvalue weighted by Crippen LogP contribution is 2.43. The van der Waals surface area contributed by atoms with Crippen molar-refractivity contribution in [1.29, 1.82) is 0 Å². The Kier molecular flexibility index (Phi) is 4.41. The second-order valence-corrected chi connectivity index (χ2v) is 5.94. The SMILES string of the molecule is COc1ccc2c(c1C(=O)/C=C/c1ccccc1Cl)SCO2. The first-order valence-electron chi connectivity index (χ1n) is 6.64. The van der Waals surface area contributed by atoms with Gasteiger partial charge in [0.15, 0.2) is 5.78 Å². The largest absolute Gasteiger partial charge is 0.496 e. The number of rotatable bonds is 4. The van der Waals surface area contributed by atoms with Crippen LogP contribution < -0.4 is 9.47 Å². The lowest BCUT2D eigenvalue weighted by Gasteiger charge is -2.09. The summed E-state index contributed by atoms with van der Waals surface area (Å²) in [6.45, 7) is 0. The first kappa shape index (κ1) is 15.0. The number of halogens is 1. The number of ether oxygens (including phenoxy) is 2. The standard InChI is InChI=1S/C17H13ClO3S/c1-20-14-8-9-15-17(22-10-21-15)16(14)13(19)7-6-11-4-2-3-5-12(11)18/h2-9H,10H2,1H3/b7-6+. The third kappa shape index (κ3) is 2.85. The average molecular weight is 333 g/mol. The molecule has 22 heavy (non-hydrogen) atoms. The van der Waals surface area contributed by atoms with Crippen LogP contribution in [0.4, 0.5) is 0 Å². The van der Waals surface area contributed by atoms with E-state index >= 15 is 0 Å². The minimum atomic E-state index is -0.133. The number of carbonyl (C=O) groups excluding carboxylic acids is 1. The maximum atomic E-state index is 12.6. The van der Waals surface area contributed by atoms with Gasteiger partial charge in [-0.15, -0.1) is 0 Å². The smallest absolute Gasteiger partial charge is 0.190 e. The molecule has 1 aliphatic rings. The predicted molar refractivity (Wildman–Crippen MR) is 89.2 cm³/mol. The van der Waals surface area contributed by atoms with Crippen LogP contribution in [0.2, 0.25) is 5.02 Å². The number of allylic oxidation sites excluding steroid dienone is 1. The van der Waals surface area contributed by atoms with E-state index in [1.807, 2.05) is 24.3 Å². The maximum Gasteiger partial charge on any atom is 0.190 e. The molecule has 0 amide bonds. The molecule has 112 valence electrons. The first-order chi connectivity index (χ1) is 10.7. The Morgan fingerprint density at radius 2 is 2.14 bits per heavy atom. The van der Waals surface area contributed by atoms with Crippen LogP contribution in [0, 0.1) is 0 Å². The molecule has 0 spiro atoms. The summed E-state index contributed by atoms with van der Waals surface area (Å²) in [5.41, 5.74) is 1.33. The summed E-state index contributed by atoms with van der Waals surface area (Å²) in [5.74, 6) is 1.65. The molecule has 1 heterocycles. The second-order valence-electron chi connectivity index (χ2n) is 4.60. The van der Waals surface area contributed by atoms with Gasteiger partial charge in [-0.3, -0.25) is 4.79 Å². The molecule has 0 saturated heterocycles. The zero-order valence-corrected chi connectivity index (χ0v) is 13.4. The van der Waals surface area contributed by atoms with Crippen molar-refractivity contribution in [2.45, 2.75) is 4.90 Å². The number of methoxy groups -OCH3 is 1. The molecule has 0 fully saturated rings. The summed E-state index contributed by atoms with van der Waals surface area (Å²) < 4.78 is 10.8. The first-order valence-corrected chi connectivity index (χ1v) is 8.00. The third-order valence-corrected chi connectivity index (χ3v) is 4.56. The maximum absolute atomic E-state index is 12.6. The normalized spacial score (nSPS) is 13.0. The van der Waals surface area contributed by atoms with Crippen molar-refractivity contribution in [2.24, 2.45) is 0 Å². The van der Waals surface area contributed by atoms with Crippen LogP contribution in [-0.2, 0) is 0 Å². The van der Waals surface area contributed by atoms with Crippen LogP contribution in [0.5, 0.6) is 11.5 Å². The van der Waals surface area contributed by atoms with E-state index in [0.29, 0.717) is 22.3 Å². The highest BCUT2D eigenvalue weighted by Gasteiger charge is 2.24. The fraction of sp³-hybridized carbons (Fsp3) is 0.118. The topological polar surface area (TPSA) is 35.5 Å². The number of carbonyl (C=O) groups is 1. The van der Waals surface area contributed by atoms with Gasteiger partial charge in [-0.2, -0.15) is 0 Å². The molecule has 0 unspecified atom stereocenters. The Bertz CT molecular complexity index is 756. The Hall–Kier alpha value is -1.91. The Morgan fingerprint density at radius 1 is 1.32 bits per heavy atom. The predicted octanol–water partition coefficient (Wildman–Crippen LogP) is 4.69. The van der Waals surface area contributed by atoms with E-state index < -0.39 is 0 Å². The van der Waals surface area contributed by atoms with Gasteiger partial charge in [-0.05, 0) is 35.9 Å². The summed E-state index contributed by atoms with van der Waals surface area (Å²) in [6.07, 6.45) is 3.22. The van der Waals surface area contributed by atoms with Gasteiger partial charge < -0.3 is 9.47 Å². The van der Waals surface area contributed by atoms with Gasteiger partial charge in [0.2, 0.25) is 0 Å². The van der Waals surface area contributed by atoms with Crippen molar-refractivity contribution in [2.75, 3.05) is 13.0 Å². The van der Waals surface area contributed by atoms with Crippen molar-refractivity contribution in [3.05, 3.63) is 58.6 Å². The molecule has 0 aliphatic carbocycles. The second kappa shape index (κ2) is 6.46. The average Bonchev–Trinajstić information content (AvgIpc) is 3.01. The molecule has 3 nitrogen and oxygen atoms in total. The molecule has 0 aromatic heterocycles. The molecular weight excluding hydrogens is 320 g/mol. The molecule has 2 aromatic rings. The van der Waals surface area contributed by atoms with Crippen LogP contribution in [0.3, 0.4) is 0 Å². The van der Waals surface area contributed by atoms with Gasteiger partial charge in [0.1, 0.15) is 17.4 Å². The summed E-state index contributed by atoms with van der Waals surface area (Å²) in [6, 6.07) is 10.9. The molecule has 3 rings (SSSR count). The van der Waals surface area contributed by atoms with Crippen LogP contribution in [0.25, 0.3) is 6.08 Å². The zero-order chi connectivity index (χ0) is 15.5. The van der Waals surface area contributed by atoms with E-state index in [0.717, 1.165) is 16.2 Å². The molecule has 2 aromatic carbocycles. The quantitative estimate of drug-likeness (QED) is 0.601. The van der Waals surface area contributed by atoms with Gasteiger partial charge in [0.25, 0.3) is 0 Å². The van der Waals surface area contributed by atoms with Crippen LogP contribution in [0.1, 0.15) is 15.9 Å². The van der Waals surface area contributed by atoms with Gasteiger partial charge >= 0.3 is 0 Å². The molecule has 0 saturated carbocycles. The molecule has 0 radical (unpaired) electrons. The van der Waals surface area contributed by atoms with E-state index in [-0.39, 0.29) is 5.78 Å². The lowest BCUT2D eigenvalue weighted by Crippen LogP contribution is -2.01. The highest BCUT2D eigenvalue weighted by atomic mass is 35.5. The van der Waals surface area contributed by atoms with Crippen molar-refractivity contribution >= 4 is 35.2 Å². The van der Waals surface area contributed by atoms with E-state index in [1.54, 1.807) is 25.3 Å². The Morgan fingerprint density at radius 3 is 2.91 bits per heavy atom. The van der Waals surface area contributed by atoms with E-state index in [9.17, 15) is 4.79 Å². The fourth-order valence-corrected chi connectivity index (χ4v) is 3.33. The number of hydrogen-bond donors (Lipinski definition) is 0. The molecular formula is C17H13ClO3S. The molecule has 0 N–H and O–H groups in total. The summed E-state index contributed by atoms with van der Waals surface area (Å²) in [7, 11) is 1.55. The van der Waals surface area contributed by atoms with Crippen LogP contribution >= 0.6 is 23.4 Å². The minimum Gasteiger partial charge on any atom is -0.496 e. The van der Waals surface area contributed by atoms with E-state index in [4.69, 9.17) is 21.1 Å². The van der Waals surface area contributed by atoms with Crippen LogP contribution in [-0.4, -0.2) is 18.8 Å². The number of ketones is 1. The minimum absolute atomic E-state index is 0.133. The summed E-state index contributed by atoms with van der Waals surface area (Å²) in [5, 5.41) is 0.606. The zero-order valence-electron chi connectivity index (χ0n) is 11.8. The molecule has 0 atom stereocenters. The van der Waals surface area contributed by atoms with Crippen molar-refractivity contribution in [3.8, 4) is 11.5 Å². The lowest BCUT2D eigenvalue weighted by atomic mass is 10.1. The Labute approximate surface area is 137 Å². The monoisotopic (exact) mass is 332 g/mol. The van der Waals surface area contributed by atoms with Crippen molar-refractivity contribution in [1.82, 2.24) is 0 Å². The lowest BCUT2D eigenvalue weighted by molar-refractivity contribution is 0.104. The summed E-state index contributed by atoms with van der Waals surface area (Å²) >= 11 is 7.59. The molecule has 5 heteroatoms. The van der Waals surface area contributed by atoms with Gasteiger partial charge in [0, 0.05) is 5.02 Å². The van der Waals surface area contributed by atoms with Crippen molar-refractivity contribution in [3.63, 3.8) is 0 Å². The van der Waals surface area contributed by atoms with E-state index in [1.165, 1.54) is 17.8 Å². The number of fused-ring (bicyclic) bond motifs is 1. The summed E-state index contributed by atoms with van der Waals surface area (Å²) in [4.78, 5) is 13.4. The van der Waals surface area contributed by atoms with Gasteiger partial charge in [0.05, 0.1) is 17.6 Å². The molecule has 1 aliphatic heterocycles. The number of benzene rings is 2.